The first-order chi connectivity index (χ1) is 22.3. The zero-order chi connectivity index (χ0) is 29.6. The summed E-state index contributed by atoms with van der Waals surface area (Å²) in [6.45, 7) is 2.18. The number of aryl methyl sites for hydroxylation is 1. The second kappa shape index (κ2) is 9.14. The van der Waals surface area contributed by atoms with Crippen LogP contribution in [0.1, 0.15) is 12.7 Å². The van der Waals surface area contributed by atoms with Crippen LogP contribution in [0.25, 0.3) is 92.5 Å². The van der Waals surface area contributed by atoms with Crippen molar-refractivity contribution < 1.29 is 0 Å². The van der Waals surface area contributed by atoms with Crippen molar-refractivity contribution in [3.8, 4) is 16.8 Å². The van der Waals surface area contributed by atoms with Crippen molar-refractivity contribution in [1.29, 1.82) is 0 Å². The Kier molecular flexibility index (Phi) is 5.01. The monoisotopic (exact) mass is 572 g/mol. The van der Waals surface area contributed by atoms with Crippen LogP contribution in [0.3, 0.4) is 0 Å². The molecule has 2 heteroatoms. The molecule has 2 nitrogen and oxygen atoms in total. The molecule has 210 valence electrons. The Balaban J connectivity index is 1.36. The summed E-state index contributed by atoms with van der Waals surface area (Å²) in [6.07, 6.45) is 0.867. The molecule has 0 saturated carbocycles. The van der Waals surface area contributed by atoms with Crippen molar-refractivity contribution in [2.45, 2.75) is 13.3 Å². The van der Waals surface area contributed by atoms with E-state index in [4.69, 9.17) is 4.98 Å². The van der Waals surface area contributed by atoms with Crippen LogP contribution in [0.4, 0.5) is 0 Å². The first kappa shape index (κ1) is 24.7. The molecule has 0 spiro atoms. The number of fused-ring (bicyclic) bond motifs is 3. The van der Waals surface area contributed by atoms with Crippen LogP contribution in [0.5, 0.6) is 0 Å². The predicted molar refractivity (Wildman–Crippen MR) is 192 cm³/mol. The largest absolute Gasteiger partial charge is 0.296 e. The molecule has 0 bridgehead atoms. The summed E-state index contributed by atoms with van der Waals surface area (Å²) in [5.74, 6) is 1.08. The van der Waals surface area contributed by atoms with Gasteiger partial charge in [-0.1, -0.05) is 110 Å². The average molecular weight is 573 g/mol. The van der Waals surface area contributed by atoms with Gasteiger partial charge in [0.05, 0.1) is 11.0 Å². The summed E-state index contributed by atoms with van der Waals surface area (Å²) < 4.78 is 2.32. The quantitative estimate of drug-likeness (QED) is 0.193. The van der Waals surface area contributed by atoms with Crippen LogP contribution in [-0.2, 0) is 6.42 Å². The number of para-hydroxylation sites is 2. The Labute approximate surface area is 260 Å². The lowest BCUT2D eigenvalue weighted by molar-refractivity contribution is 0.908. The van der Waals surface area contributed by atoms with Crippen LogP contribution in [-0.4, -0.2) is 9.55 Å². The molecule has 1 heterocycles. The van der Waals surface area contributed by atoms with Crippen LogP contribution in [0.15, 0.2) is 140 Å². The standard InChI is InChI=1S/C43H28N2/c1-2-39-44-37-17-3-4-18-38(37)45(39)32-13-5-12-29(24-32)31-23-30-22-21-28-10-7-15-34-33-14-6-9-26-19-20-27-11-8-16-35(42(27)40(26)33)36(25-31)43(30)41(28)34/h3-25H,2H2,1H3. The maximum Gasteiger partial charge on any atom is 0.114 e. The van der Waals surface area contributed by atoms with E-state index in [1.165, 1.54) is 75.8 Å². The Morgan fingerprint density at radius 3 is 1.71 bits per heavy atom. The lowest BCUT2D eigenvalue weighted by Gasteiger charge is -2.17. The van der Waals surface area contributed by atoms with Crippen LogP contribution in [0, 0.1) is 0 Å². The first-order valence-corrected chi connectivity index (χ1v) is 15.8. The van der Waals surface area contributed by atoms with E-state index in [-0.39, 0.29) is 0 Å². The second-order valence-corrected chi connectivity index (χ2v) is 12.2. The number of imidazole rings is 1. The van der Waals surface area contributed by atoms with E-state index in [9.17, 15) is 0 Å². The highest BCUT2D eigenvalue weighted by Crippen LogP contribution is 2.44. The fourth-order valence-corrected chi connectivity index (χ4v) is 7.88. The van der Waals surface area contributed by atoms with Gasteiger partial charge in [-0.2, -0.15) is 0 Å². The van der Waals surface area contributed by atoms with Crippen molar-refractivity contribution in [2.24, 2.45) is 0 Å². The lowest BCUT2D eigenvalue weighted by Crippen LogP contribution is -2.00. The molecule has 0 aliphatic rings. The normalized spacial score (nSPS) is 12.2. The van der Waals surface area contributed by atoms with Gasteiger partial charge in [0.1, 0.15) is 5.82 Å². The number of hydrogen-bond acceptors (Lipinski definition) is 1. The predicted octanol–water partition coefficient (Wildman–Crippen LogP) is 11.6. The van der Waals surface area contributed by atoms with E-state index >= 15 is 0 Å². The summed E-state index contributed by atoms with van der Waals surface area (Å²) in [5.41, 5.74) is 5.74. The van der Waals surface area contributed by atoms with Gasteiger partial charge in [-0.3, -0.25) is 4.57 Å². The molecular weight excluding hydrogens is 544 g/mol. The van der Waals surface area contributed by atoms with Gasteiger partial charge >= 0.3 is 0 Å². The molecule has 0 amide bonds. The SMILES string of the molecule is CCc1nc2ccccc2n1-c1cccc(-c2cc3ccc4cccc5c6cccc7ccc8cccc(c(c2)c3c45)c8c76)c1. The molecule has 0 atom stereocenters. The summed E-state index contributed by atoms with van der Waals surface area (Å²) in [6, 6.07) is 51.7. The summed E-state index contributed by atoms with van der Waals surface area (Å²) in [7, 11) is 0. The van der Waals surface area contributed by atoms with Gasteiger partial charge in [0, 0.05) is 12.1 Å². The average Bonchev–Trinajstić information content (AvgIpc) is 3.48. The molecule has 10 rings (SSSR count). The molecule has 0 fully saturated rings. The van der Waals surface area contributed by atoms with Crippen LogP contribution < -0.4 is 0 Å². The minimum atomic E-state index is 0.867. The Hall–Kier alpha value is -5.73. The van der Waals surface area contributed by atoms with Gasteiger partial charge in [-0.25, -0.2) is 4.98 Å². The van der Waals surface area contributed by atoms with Crippen molar-refractivity contribution >= 4 is 75.7 Å². The molecule has 0 N–H and O–H groups in total. The molecule has 10 aromatic rings. The second-order valence-electron chi connectivity index (χ2n) is 12.2. The summed E-state index contributed by atoms with van der Waals surface area (Å²) in [5, 5.41) is 15.6. The Bertz CT molecular complexity index is 2790. The van der Waals surface area contributed by atoms with Crippen LogP contribution >= 0.6 is 0 Å². The lowest BCUT2D eigenvalue weighted by atomic mass is 9.86. The Morgan fingerprint density at radius 2 is 1.04 bits per heavy atom. The fourth-order valence-electron chi connectivity index (χ4n) is 7.88. The first-order valence-electron chi connectivity index (χ1n) is 15.8. The molecule has 0 aliphatic carbocycles. The highest BCUT2D eigenvalue weighted by Gasteiger charge is 2.17. The van der Waals surface area contributed by atoms with Crippen LogP contribution in [0.2, 0.25) is 0 Å². The van der Waals surface area contributed by atoms with E-state index in [0.717, 1.165) is 29.0 Å². The van der Waals surface area contributed by atoms with E-state index in [1.807, 2.05) is 0 Å². The smallest absolute Gasteiger partial charge is 0.114 e. The summed E-state index contributed by atoms with van der Waals surface area (Å²) in [4.78, 5) is 4.95. The topological polar surface area (TPSA) is 17.8 Å². The molecule has 0 aliphatic heterocycles. The molecule has 0 saturated heterocycles. The third kappa shape index (κ3) is 3.42. The highest BCUT2D eigenvalue weighted by atomic mass is 15.1. The number of hydrogen-bond donors (Lipinski definition) is 0. The zero-order valence-electron chi connectivity index (χ0n) is 24.9. The number of rotatable bonds is 3. The third-order valence-corrected chi connectivity index (χ3v) is 9.81. The molecule has 0 unspecified atom stereocenters. The van der Waals surface area contributed by atoms with E-state index in [2.05, 4.69) is 151 Å². The summed E-state index contributed by atoms with van der Waals surface area (Å²) >= 11 is 0. The Morgan fingerprint density at radius 1 is 0.467 bits per heavy atom. The van der Waals surface area contributed by atoms with Gasteiger partial charge in [0.2, 0.25) is 0 Å². The maximum absolute atomic E-state index is 4.95. The maximum atomic E-state index is 4.95. The van der Waals surface area contributed by atoms with Crippen molar-refractivity contribution in [2.75, 3.05) is 0 Å². The number of nitrogens with zero attached hydrogens (tertiary/aromatic N) is 2. The van der Waals surface area contributed by atoms with Crippen molar-refractivity contribution in [1.82, 2.24) is 9.55 Å². The van der Waals surface area contributed by atoms with Gasteiger partial charge < -0.3 is 0 Å². The molecule has 0 radical (unpaired) electrons. The van der Waals surface area contributed by atoms with Crippen molar-refractivity contribution in [3.05, 3.63) is 145 Å². The molecular formula is C43H28N2. The van der Waals surface area contributed by atoms with Gasteiger partial charge in [0.15, 0.2) is 0 Å². The van der Waals surface area contributed by atoms with E-state index in [1.54, 1.807) is 0 Å². The number of aromatic nitrogens is 2. The molecule has 1 aromatic heterocycles. The molecule has 45 heavy (non-hydrogen) atoms. The minimum absolute atomic E-state index is 0.867. The third-order valence-electron chi connectivity index (χ3n) is 9.81. The molecule has 9 aromatic carbocycles. The van der Waals surface area contributed by atoms with E-state index < -0.39 is 0 Å². The van der Waals surface area contributed by atoms with E-state index in [0.29, 0.717) is 0 Å². The van der Waals surface area contributed by atoms with Gasteiger partial charge in [0.25, 0.3) is 0 Å². The van der Waals surface area contributed by atoms with Gasteiger partial charge in [-0.15, -0.1) is 0 Å². The highest BCUT2D eigenvalue weighted by molar-refractivity contribution is 6.37. The fraction of sp³-hybridized carbons (Fsp3) is 0.0465. The van der Waals surface area contributed by atoms with Gasteiger partial charge in [-0.05, 0) is 112 Å². The minimum Gasteiger partial charge on any atom is -0.296 e. The number of benzene rings is 8. The van der Waals surface area contributed by atoms with Crippen molar-refractivity contribution in [3.63, 3.8) is 0 Å². The zero-order valence-corrected chi connectivity index (χ0v) is 24.9.